The number of nitrogens with zero attached hydrogens (tertiary/aromatic N) is 2. The summed E-state index contributed by atoms with van der Waals surface area (Å²) in [6.45, 7) is 0. The van der Waals surface area contributed by atoms with Crippen molar-refractivity contribution in [2.24, 2.45) is 0 Å². The van der Waals surface area contributed by atoms with Crippen LogP contribution in [0.3, 0.4) is 0 Å². The molecule has 0 unspecified atom stereocenters. The molecule has 96 valence electrons. The van der Waals surface area contributed by atoms with Gasteiger partial charge >= 0.3 is 0 Å². The van der Waals surface area contributed by atoms with Gasteiger partial charge in [-0.3, -0.25) is 5.10 Å². The Kier molecular flexibility index (Phi) is 2.39. The molecule has 1 N–H and O–H groups in total. The molecule has 2 heterocycles. The molecule has 4 rings (SSSR count). The summed E-state index contributed by atoms with van der Waals surface area (Å²) in [6, 6.07) is 17.8. The van der Waals surface area contributed by atoms with Crippen molar-refractivity contribution in [1.29, 1.82) is 0 Å². The average molecular weight is 261 g/mol. The summed E-state index contributed by atoms with van der Waals surface area (Å²) >= 11 is 0. The maximum atomic E-state index is 5.80. The van der Waals surface area contributed by atoms with E-state index >= 15 is 0 Å². The van der Waals surface area contributed by atoms with Crippen LogP contribution >= 0.6 is 0 Å². The largest absolute Gasteiger partial charge is 0.436 e. The molecule has 0 aliphatic carbocycles. The number of nitrogens with one attached hydrogen (secondary N) is 1. The van der Waals surface area contributed by atoms with Gasteiger partial charge in [-0.15, -0.1) is 0 Å². The third kappa shape index (κ3) is 1.70. The van der Waals surface area contributed by atoms with E-state index in [1.807, 2.05) is 54.6 Å². The molecule has 0 spiro atoms. The lowest BCUT2D eigenvalue weighted by molar-refractivity contribution is 0.620. The number of aromatic amines is 1. The summed E-state index contributed by atoms with van der Waals surface area (Å²) in [5.41, 5.74) is 4.47. The molecule has 4 aromatic rings. The van der Waals surface area contributed by atoms with Crippen molar-refractivity contribution in [2.45, 2.75) is 0 Å². The Hall–Kier alpha value is -2.88. The van der Waals surface area contributed by atoms with E-state index in [2.05, 4.69) is 15.2 Å². The number of hydrogen-bond acceptors (Lipinski definition) is 3. The second-order valence-electron chi connectivity index (χ2n) is 4.51. The van der Waals surface area contributed by atoms with Crippen LogP contribution in [0.25, 0.3) is 33.8 Å². The molecule has 0 saturated heterocycles. The van der Waals surface area contributed by atoms with E-state index in [0.717, 1.165) is 27.9 Å². The fraction of sp³-hybridized carbons (Fsp3) is 0. The van der Waals surface area contributed by atoms with Crippen LogP contribution < -0.4 is 0 Å². The molecular formula is C16H11N3O. The highest BCUT2D eigenvalue weighted by atomic mass is 16.3. The number of oxazole rings is 1. The lowest BCUT2D eigenvalue weighted by Crippen LogP contribution is -1.82. The van der Waals surface area contributed by atoms with Crippen LogP contribution in [0.4, 0.5) is 0 Å². The Labute approximate surface area is 115 Å². The van der Waals surface area contributed by atoms with Crippen LogP contribution in [0.2, 0.25) is 0 Å². The smallest absolute Gasteiger partial charge is 0.231 e. The zero-order valence-corrected chi connectivity index (χ0v) is 10.6. The van der Waals surface area contributed by atoms with Crippen molar-refractivity contribution in [1.82, 2.24) is 15.2 Å². The first-order chi connectivity index (χ1) is 9.92. The molecule has 0 saturated carbocycles. The average Bonchev–Trinajstić information content (AvgIpc) is 3.14. The summed E-state index contributed by atoms with van der Waals surface area (Å²) < 4.78 is 5.80. The topological polar surface area (TPSA) is 54.7 Å². The van der Waals surface area contributed by atoms with Crippen LogP contribution in [0.5, 0.6) is 0 Å². The first-order valence-corrected chi connectivity index (χ1v) is 6.36. The Bertz CT molecular complexity index is 828. The highest BCUT2D eigenvalue weighted by Crippen LogP contribution is 2.31. The van der Waals surface area contributed by atoms with Gasteiger partial charge in [0, 0.05) is 5.56 Å². The highest BCUT2D eigenvalue weighted by Gasteiger charge is 2.15. The fourth-order valence-electron chi connectivity index (χ4n) is 2.26. The minimum Gasteiger partial charge on any atom is -0.436 e. The zero-order chi connectivity index (χ0) is 13.4. The molecule has 0 fully saturated rings. The number of aromatic nitrogens is 3. The summed E-state index contributed by atoms with van der Waals surface area (Å²) in [5.74, 6) is 0.582. The van der Waals surface area contributed by atoms with E-state index < -0.39 is 0 Å². The maximum absolute atomic E-state index is 5.80. The monoisotopic (exact) mass is 261 g/mol. The van der Waals surface area contributed by atoms with Gasteiger partial charge in [0.2, 0.25) is 5.89 Å². The van der Waals surface area contributed by atoms with Crippen molar-refractivity contribution < 1.29 is 4.42 Å². The van der Waals surface area contributed by atoms with E-state index in [1.54, 1.807) is 6.20 Å². The first kappa shape index (κ1) is 11.0. The number of H-pyrrole nitrogens is 1. The fourth-order valence-corrected chi connectivity index (χ4v) is 2.26. The van der Waals surface area contributed by atoms with Gasteiger partial charge in [-0.25, -0.2) is 4.98 Å². The third-order valence-electron chi connectivity index (χ3n) is 3.23. The van der Waals surface area contributed by atoms with Crippen LogP contribution in [0.1, 0.15) is 0 Å². The Morgan fingerprint density at radius 3 is 2.55 bits per heavy atom. The molecule has 4 heteroatoms. The predicted octanol–water partition coefficient (Wildman–Crippen LogP) is 3.88. The molecule has 0 atom stereocenters. The predicted molar refractivity (Wildman–Crippen MR) is 77.0 cm³/mol. The molecule has 0 radical (unpaired) electrons. The molecule has 0 aliphatic heterocycles. The van der Waals surface area contributed by atoms with E-state index in [-0.39, 0.29) is 0 Å². The van der Waals surface area contributed by atoms with E-state index in [9.17, 15) is 0 Å². The number of hydrogen-bond donors (Lipinski definition) is 1. The first-order valence-electron chi connectivity index (χ1n) is 6.36. The van der Waals surface area contributed by atoms with Gasteiger partial charge in [0.1, 0.15) is 5.52 Å². The van der Waals surface area contributed by atoms with Crippen LogP contribution in [-0.2, 0) is 0 Å². The summed E-state index contributed by atoms with van der Waals surface area (Å²) in [7, 11) is 0. The van der Waals surface area contributed by atoms with Gasteiger partial charge < -0.3 is 4.42 Å². The number of rotatable bonds is 2. The normalized spacial score (nSPS) is 11.0. The Morgan fingerprint density at radius 1 is 0.900 bits per heavy atom. The molecule has 2 aromatic heterocycles. The number of fused-ring (bicyclic) bond motifs is 1. The second-order valence-corrected chi connectivity index (χ2v) is 4.51. The number of benzene rings is 2. The van der Waals surface area contributed by atoms with Gasteiger partial charge in [0.25, 0.3) is 0 Å². The Balaban J connectivity index is 1.89. The van der Waals surface area contributed by atoms with Crippen molar-refractivity contribution in [3.05, 3.63) is 60.8 Å². The van der Waals surface area contributed by atoms with Gasteiger partial charge in [-0.1, -0.05) is 42.5 Å². The van der Waals surface area contributed by atoms with Crippen molar-refractivity contribution >= 4 is 11.1 Å². The standard InChI is InChI=1S/C16H11N3O/c1-2-6-11(7-3-1)15-12(10-17-19-15)16-18-13-8-4-5-9-14(13)20-16/h1-10H,(H,17,19). The Morgan fingerprint density at radius 2 is 1.70 bits per heavy atom. The van der Waals surface area contributed by atoms with Gasteiger partial charge in [-0.2, -0.15) is 5.10 Å². The van der Waals surface area contributed by atoms with Gasteiger partial charge in [-0.05, 0) is 12.1 Å². The van der Waals surface area contributed by atoms with E-state index in [0.29, 0.717) is 5.89 Å². The summed E-state index contributed by atoms with van der Waals surface area (Å²) in [4.78, 5) is 4.51. The van der Waals surface area contributed by atoms with Gasteiger partial charge in [0.05, 0.1) is 17.5 Å². The van der Waals surface area contributed by atoms with Gasteiger partial charge in [0.15, 0.2) is 5.58 Å². The minimum absolute atomic E-state index is 0.582. The van der Waals surface area contributed by atoms with Crippen LogP contribution in [-0.4, -0.2) is 15.2 Å². The van der Waals surface area contributed by atoms with Crippen molar-refractivity contribution in [2.75, 3.05) is 0 Å². The molecule has 0 amide bonds. The molecule has 0 bridgehead atoms. The van der Waals surface area contributed by atoms with E-state index in [1.165, 1.54) is 0 Å². The number of para-hydroxylation sites is 2. The molecular weight excluding hydrogens is 250 g/mol. The lowest BCUT2D eigenvalue weighted by atomic mass is 10.1. The van der Waals surface area contributed by atoms with E-state index in [4.69, 9.17) is 4.42 Å². The quantitative estimate of drug-likeness (QED) is 0.595. The maximum Gasteiger partial charge on any atom is 0.231 e. The summed E-state index contributed by atoms with van der Waals surface area (Å²) in [6.07, 6.45) is 1.74. The minimum atomic E-state index is 0.582. The van der Waals surface area contributed by atoms with Crippen molar-refractivity contribution in [3.8, 4) is 22.7 Å². The summed E-state index contributed by atoms with van der Waals surface area (Å²) in [5, 5.41) is 7.13. The molecule has 0 aliphatic rings. The molecule has 4 nitrogen and oxygen atoms in total. The van der Waals surface area contributed by atoms with Crippen molar-refractivity contribution in [3.63, 3.8) is 0 Å². The third-order valence-corrected chi connectivity index (χ3v) is 3.23. The molecule has 20 heavy (non-hydrogen) atoms. The lowest BCUT2D eigenvalue weighted by Gasteiger charge is -1.99. The SMILES string of the molecule is c1ccc(-c2[nH]ncc2-c2nc3ccccc3o2)cc1. The van der Waals surface area contributed by atoms with Crippen LogP contribution in [0.15, 0.2) is 65.2 Å². The zero-order valence-electron chi connectivity index (χ0n) is 10.6. The highest BCUT2D eigenvalue weighted by molar-refractivity contribution is 5.81. The second kappa shape index (κ2) is 4.35. The van der Waals surface area contributed by atoms with Crippen LogP contribution in [0, 0.1) is 0 Å². The molecule has 2 aromatic carbocycles.